The molecule has 2 aliphatic heterocycles. The Bertz CT molecular complexity index is 629. The largest absolute Gasteiger partial charge is 0.451 e. The van der Waals surface area contributed by atoms with Gasteiger partial charge in [0.05, 0.1) is 0 Å². The van der Waals surface area contributed by atoms with Crippen molar-refractivity contribution >= 4 is 17.6 Å². The average molecular weight is 360 g/mol. The lowest BCUT2D eigenvalue weighted by Crippen LogP contribution is -2.40. The number of imide groups is 1. The first-order valence-corrected chi connectivity index (χ1v) is 7.83. The second-order valence-electron chi connectivity index (χ2n) is 6.06. The van der Waals surface area contributed by atoms with Gasteiger partial charge in [-0.15, -0.1) is 0 Å². The zero-order valence-electron chi connectivity index (χ0n) is 13.4. The fourth-order valence-electron chi connectivity index (χ4n) is 3.09. The highest BCUT2D eigenvalue weighted by Gasteiger charge is 2.36. The third kappa shape index (κ3) is 4.25. The highest BCUT2D eigenvalue weighted by Crippen LogP contribution is 2.29. The van der Waals surface area contributed by atoms with Crippen molar-refractivity contribution in [2.45, 2.75) is 31.9 Å². The zero-order chi connectivity index (χ0) is 17.3. The van der Waals surface area contributed by atoms with E-state index in [0.717, 1.165) is 6.20 Å². The Kier molecular flexibility index (Phi) is 5.61. The number of carbonyl (C=O) groups excluding carboxylic acids is 2. The topological polar surface area (TPSA) is 97.9 Å². The highest BCUT2D eigenvalue weighted by molar-refractivity contribution is 6.01. The summed E-state index contributed by atoms with van der Waals surface area (Å²) in [5.74, 6) is -0.975. The Morgan fingerprint density at radius 3 is 2.28 bits per heavy atom. The van der Waals surface area contributed by atoms with E-state index in [-0.39, 0.29) is 41.9 Å². The van der Waals surface area contributed by atoms with Gasteiger partial charge in [-0.3, -0.25) is 14.5 Å². The molecular formula is C15H19F3N4O3. The molecule has 3 rings (SSSR count). The maximum Gasteiger partial charge on any atom is 0.451 e. The fourth-order valence-corrected chi connectivity index (χ4v) is 3.09. The maximum absolute atomic E-state index is 12.7. The number of aromatic nitrogens is 2. The van der Waals surface area contributed by atoms with Crippen molar-refractivity contribution in [2.75, 3.05) is 24.5 Å². The van der Waals surface area contributed by atoms with Gasteiger partial charge in [-0.1, -0.05) is 0 Å². The highest BCUT2D eigenvalue weighted by atomic mass is 19.4. The molecule has 0 atom stereocenters. The molecule has 2 N–H and O–H groups in total. The predicted octanol–water partition coefficient (Wildman–Crippen LogP) is 1.04. The Morgan fingerprint density at radius 1 is 1.12 bits per heavy atom. The number of likely N-dealkylation sites (tertiary alicyclic amines) is 1. The van der Waals surface area contributed by atoms with Crippen molar-refractivity contribution in [3.63, 3.8) is 0 Å². The van der Waals surface area contributed by atoms with Gasteiger partial charge in [-0.05, 0) is 24.8 Å². The van der Waals surface area contributed by atoms with Gasteiger partial charge in [-0.2, -0.15) is 13.2 Å². The molecule has 138 valence electrons. The SMILES string of the molecule is O.O=C1CCC(=O)N1CC1CCN(c2ccnc(C(F)(F)F)n2)CC1. The van der Waals surface area contributed by atoms with Gasteiger partial charge in [0.1, 0.15) is 5.82 Å². The second-order valence-corrected chi connectivity index (χ2v) is 6.06. The van der Waals surface area contributed by atoms with Crippen molar-refractivity contribution in [1.82, 2.24) is 14.9 Å². The van der Waals surface area contributed by atoms with Crippen LogP contribution in [0, 0.1) is 5.92 Å². The standard InChI is InChI=1S/C15H17F3N4O2.H2O/c16-15(17,18)14-19-6-3-11(20-14)21-7-4-10(5-8-21)9-22-12(23)1-2-13(22)24;/h3,6,10H,1-2,4-5,7-9H2;1H2. The van der Waals surface area contributed by atoms with Gasteiger partial charge in [0.2, 0.25) is 17.6 Å². The van der Waals surface area contributed by atoms with E-state index >= 15 is 0 Å². The number of alkyl halides is 3. The second kappa shape index (κ2) is 7.34. The molecule has 10 heteroatoms. The van der Waals surface area contributed by atoms with Gasteiger partial charge >= 0.3 is 6.18 Å². The molecule has 0 saturated carbocycles. The van der Waals surface area contributed by atoms with Crippen molar-refractivity contribution in [3.05, 3.63) is 18.1 Å². The zero-order valence-corrected chi connectivity index (χ0v) is 13.4. The van der Waals surface area contributed by atoms with Gasteiger partial charge in [0, 0.05) is 38.7 Å². The Labute approximate surface area is 142 Å². The van der Waals surface area contributed by atoms with Crippen molar-refractivity contribution in [1.29, 1.82) is 0 Å². The first-order valence-electron chi connectivity index (χ1n) is 7.83. The van der Waals surface area contributed by atoms with E-state index in [2.05, 4.69) is 9.97 Å². The van der Waals surface area contributed by atoms with Crippen LogP contribution in [0.4, 0.5) is 19.0 Å². The molecule has 2 aliphatic rings. The number of anilines is 1. The van der Waals surface area contributed by atoms with Gasteiger partial charge in [0.25, 0.3) is 0 Å². The quantitative estimate of drug-likeness (QED) is 0.750. The molecule has 3 heterocycles. The van der Waals surface area contributed by atoms with E-state index in [9.17, 15) is 22.8 Å². The number of hydrogen-bond acceptors (Lipinski definition) is 5. The summed E-state index contributed by atoms with van der Waals surface area (Å²) in [7, 11) is 0. The van der Waals surface area contributed by atoms with E-state index in [4.69, 9.17) is 0 Å². The van der Waals surface area contributed by atoms with Crippen LogP contribution in [-0.4, -0.2) is 51.8 Å². The monoisotopic (exact) mass is 360 g/mol. The third-order valence-corrected chi connectivity index (χ3v) is 4.43. The van der Waals surface area contributed by atoms with Crippen LogP contribution in [0.3, 0.4) is 0 Å². The summed E-state index contributed by atoms with van der Waals surface area (Å²) in [5, 5.41) is 0. The minimum Gasteiger partial charge on any atom is -0.412 e. The smallest absolute Gasteiger partial charge is 0.412 e. The first kappa shape index (κ1) is 19.1. The molecular weight excluding hydrogens is 341 g/mol. The minimum absolute atomic E-state index is 0. The van der Waals surface area contributed by atoms with Gasteiger partial charge in [-0.25, -0.2) is 9.97 Å². The summed E-state index contributed by atoms with van der Waals surface area (Å²) >= 11 is 0. The van der Waals surface area contributed by atoms with E-state index < -0.39 is 12.0 Å². The van der Waals surface area contributed by atoms with Crippen LogP contribution in [-0.2, 0) is 15.8 Å². The van der Waals surface area contributed by atoms with E-state index in [0.29, 0.717) is 32.5 Å². The van der Waals surface area contributed by atoms with Crippen LogP contribution in [0.25, 0.3) is 0 Å². The molecule has 1 aromatic heterocycles. The summed E-state index contributed by atoms with van der Waals surface area (Å²) in [4.78, 5) is 33.2. The van der Waals surface area contributed by atoms with Gasteiger partial charge < -0.3 is 10.4 Å². The number of amides is 2. The van der Waals surface area contributed by atoms with Crippen LogP contribution >= 0.6 is 0 Å². The number of rotatable bonds is 3. The molecule has 2 saturated heterocycles. The maximum atomic E-state index is 12.7. The Morgan fingerprint density at radius 2 is 1.72 bits per heavy atom. The molecule has 2 amide bonds. The molecule has 2 fully saturated rings. The Balaban J connectivity index is 0.00000225. The summed E-state index contributed by atoms with van der Waals surface area (Å²) in [6.45, 7) is 1.48. The molecule has 7 nitrogen and oxygen atoms in total. The molecule has 1 aromatic rings. The van der Waals surface area contributed by atoms with Crippen LogP contribution in [0.5, 0.6) is 0 Å². The lowest BCUT2D eigenvalue weighted by Gasteiger charge is -2.34. The van der Waals surface area contributed by atoms with E-state index in [1.54, 1.807) is 4.90 Å². The Hall–Kier alpha value is -2.23. The minimum atomic E-state index is -4.56. The van der Waals surface area contributed by atoms with Crippen LogP contribution < -0.4 is 4.90 Å². The fraction of sp³-hybridized carbons (Fsp3) is 0.600. The summed E-state index contributed by atoms with van der Waals surface area (Å²) in [5.41, 5.74) is 0. The molecule has 0 radical (unpaired) electrons. The number of nitrogens with zero attached hydrogens (tertiary/aromatic N) is 4. The average Bonchev–Trinajstić information content (AvgIpc) is 2.87. The van der Waals surface area contributed by atoms with Crippen LogP contribution in [0.1, 0.15) is 31.5 Å². The third-order valence-electron chi connectivity index (χ3n) is 4.43. The number of halogens is 3. The summed E-state index contributed by atoms with van der Waals surface area (Å²) in [6.07, 6.45) is -1.51. The summed E-state index contributed by atoms with van der Waals surface area (Å²) < 4.78 is 38.1. The normalized spacial score (nSPS) is 19.3. The van der Waals surface area contributed by atoms with E-state index in [1.165, 1.54) is 11.0 Å². The van der Waals surface area contributed by atoms with Crippen molar-refractivity contribution in [3.8, 4) is 0 Å². The van der Waals surface area contributed by atoms with Crippen molar-refractivity contribution in [2.24, 2.45) is 5.92 Å². The molecule has 0 bridgehead atoms. The van der Waals surface area contributed by atoms with E-state index in [1.807, 2.05) is 0 Å². The summed E-state index contributed by atoms with van der Waals surface area (Å²) in [6, 6.07) is 1.46. The predicted molar refractivity (Wildman–Crippen MR) is 81.5 cm³/mol. The van der Waals surface area contributed by atoms with Crippen LogP contribution in [0.15, 0.2) is 12.3 Å². The number of hydrogen-bond donors (Lipinski definition) is 0. The molecule has 0 unspecified atom stereocenters. The first-order chi connectivity index (χ1) is 11.3. The molecule has 0 aliphatic carbocycles. The van der Waals surface area contributed by atoms with Crippen LogP contribution in [0.2, 0.25) is 0 Å². The van der Waals surface area contributed by atoms with Gasteiger partial charge in [0.15, 0.2) is 0 Å². The molecule has 0 aromatic carbocycles. The number of carbonyl (C=O) groups is 2. The lowest BCUT2D eigenvalue weighted by molar-refractivity contribution is -0.145. The van der Waals surface area contributed by atoms with Crippen molar-refractivity contribution < 1.29 is 28.2 Å². The lowest BCUT2D eigenvalue weighted by atomic mass is 9.96. The molecule has 25 heavy (non-hydrogen) atoms. The molecule has 0 spiro atoms. The number of piperidine rings is 1.